The summed E-state index contributed by atoms with van der Waals surface area (Å²) in [6.07, 6.45) is 7.40. The van der Waals surface area contributed by atoms with Crippen LogP contribution in [0, 0.1) is 41.5 Å². The van der Waals surface area contributed by atoms with Crippen LogP contribution in [-0.2, 0) is 24.8 Å². The van der Waals surface area contributed by atoms with Gasteiger partial charge in [-0.3, -0.25) is 23.9 Å². The number of nitrogens with zero attached hydrogens (tertiary/aromatic N) is 10. The Bertz CT molecular complexity index is 3170. The van der Waals surface area contributed by atoms with Gasteiger partial charge in [0.2, 0.25) is 20.0 Å². The Labute approximate surface area is 428 Å². The third-order valence-corrected chi connectivity index (χ3v) is 12.6. The number of carbonyl (C=O) groups excluding carboxylic acids is 3. The van der Waals surface area contributed by atoms with E-state index in [1.807, 2.05) is 67.5 Å². The Hall–Kier alpha value is -6.26. The number of sulfonamides is 2. The van der Waals surface area contributed by atoms with Gasteiger partial charge in [-0.15, -0.1) is 0 Å². The number of benzene rings is 2. The van der Waals surface area contributed by atoms with E-state index in [4.69, 9.17) is 16.3 Å². The zero-order valence-corrected chi connectivity index (χ0v) is 43.8. The summed E-state index contributed by atoms with van der Waals surface area (Å²) in [7, 11) is -6.93. The van der Waals surface area contributed by atoms with E-state index >= 15 is 0 Å². The third-order valence-electron chi connectivity index (χ3n) is 11.2. The van der Waals surface area contributed by atoms with Crippen molar-refractivity contribution < 1.29 is 36.0 Å². The SMILES string of the molecule is C.C.Cc1ccc(NS(C)(=O)=O)c(C(=O)Cl)c1.Cc1ccc(NS(C)(=O)=O)c(C(=O)N2CCCC[C@H]2c2cc3nc(C)nc(C)n3n2)c1.Cc1nc(C)n2nc([C@@H]3CCCCN3C(=O)OC(C)(C)C)cc2n1. The number of anilines is 2. The minimum Gasteiger partial charge on any atom is -0.444 e. The monoisotopic (exact) mass is 1050 g/mol. The lowest BCUT2D eigenvalue weighted by atomic mass is 9.97. The number of piperidine rings is 2. The minimum atomic E-state index is -3.52. The van der Waals surface area contributed by atoms with Crippen LogP contribution < -0.4 is 9.44 Å². The number of hydrogen-bond donors (Lipinski definition) is 2. The molecule has 23 heteroatoms. The first kappa shape index (κ1) is 58.3. The maximum absolute atomic E-state index is 13.6. The summed E-state index contributed by atoms with van der Waals surface area (Å²) < 4.78 is 59.3. The van der Waals surface area contributed by atoms with Crippen LogP contribution in [0.2, 0.25) is 0 Å². The highest BCUT2D eigenvalue weighted by atomic mass is 35.5. The van der Waals surface area contributed by atoms with E-state index in [-0.39, 0.29) is 55.9 Å². The summed E-state index contributed by atoms with van der Waals surface area (Å²) in [5.41, 5.74) is 5.27. The lowest BCUT2D eigenvalue weighted by Crippen LogP contribution is -2.42. The lowest BCUT2D eigenvalue weighted by molar-refractivity contribution is 0.00894. The zero-order valence-electron chi connectivity index (χ0n) is 41.4. The standard InChI is InChI=1S/C21H26N6O3S.C17H25N5O2.C9H10ClNO3S.2CH4/c1-13-8-9-17(25-31(4,29)30)16(11-13)21(28)26-10-6-5-7-19(26)18-12-20-23-14(2)22-15(3)27(20)24-18;1-11-18-12(2)22-15(19-11)10-13(20-22)14-8-6-7-9-21(14)16(23)24-17(3,4)5;1-6-3-4-8(11-15(2,13)14)7(5-6)9(10)12;;/h8-9,11-12,19,25H,5-7,10H2,1-4H3;10,14H,6-9H2,1-5H3;3-5,11H,1-2H3;2*1H4/t19-;14-;;;/m00.../s1. The molecular weight excluding hydrogens is 984 g/mol. The van der Waals surface area contributed by atoms with E-state index in [1.165, 1.54) is 12.1 Å². The number of likely N-dealkylation sites (tertiary alicyclic amines) is 2. The van der Waals surface area contributed by atoms with Gasteiger partial charge < -0.3 is 9.64 Å². The molecule has 2 atom stereocenters. The predicted molar refractivity (Wildman–Crippen MR) is 281 cm³/mol. The van der Waals surface area contributed by atoms with Crippen molar-refractivity contribution >= 4 is 71.6 Å². The molecule has 8 rings (SSSR count). The number of aromatic nitrogens is 8. The molecule has 0 spiro atoms. The molecule has 2 aliphatic heterocycles. The van der Waals surface area contributed by atoms with Gasteiger partial charge in [0.25, 0.3) is 11.1 Å². The molecule has 4 aromatic heterocycles. The van der Waals surface area contributed by atoms with Crippen molar-refractivity contribution in [2.75, 3.05) is 35.0 Å². The fourth-order valence-corrected chi connectivity index (χ4v) is 9.64. The molecule has 2 fully saturated rings. The molecule has 2 N–H and O–H groups in total. The highest BCUT2D eigenvalue weighted by Crippen LogP contribution is 2.35. The number of rotatable bonds is 8. The molecule has 0 aliphatic carbocycles. The molecular formula is C49H69ClN12O8S2. The van der Waals surface area contributed by atoms with Crippen LogP contribution in [0.4, 0.5) is 16.2 Å². The van der Waals surface area contributed by atoms with E-state index < -0.39 is 30.9 Å². The van der Waals surface area contributed by atoms with Gasteiger partial charge in [-0.05, 0) is 137 Å². The van der Waals surface area contributed by atoms with Gasteiger partial charge in [0.1, 0.15) is 28.9 Å². The maximum atomic E-state index is 13.6. The number of hydrogen-bond acceptors (Lipinski definition) is 14. The lowest BCUT2D eigenvalue weighted by Gasteiger charge is -2.35. The van der Waals surface area contributed by atoms with Crippen molar-refractivity contribution in [3.05, 3.63) is 105 Å². The third kappa shape index (κ3) is 15.1. The first-order valence-corrected chi connectivity index (χ1v) is 26.9. The number of halogens is 1. The zero-order chi connectivity index (χ0) is 51.5. The molecule has 2 amide bonds. The van der Waals surface area contributed by atoms with E-state index in [9.17, 15) is 31.2 Å². The smallest absolute Gasteiger partial charge is 0.410 e. The van der Waals surface area contributed by atoms with Crippen LogP contribution >= 0.6 is 11.6 Å². The Balaban J connectivity index is 0.000000245. The molecule has 392 valence electrons. The van der Waals surface area contributed by atoms with E-state index in [1.54, 1.807) is 50.0 Å². The number of fused-ring (bicyclic) bond motifs is 2. The molecule has 0 unspecified atom stereocenters. The highest BCUT2D eigenvalue weighted by Gasteiger charge is 2.34. The van der Waals surface area contributed by atoms with Gasteiger partial charge in [0, 0.05) is 25.2 Å². The second-order valence-corrected chi connectivity index (χ2v) is 22.5. The van der Waals surface area contributed by atoms with Crippen LogP contribution in [0.15, 0.2) is 48.5 Å². The van der Waals surface area contributed by atoms with Gasteiger partial charge >= 0.3 is 6.09 Å². The molecule has 0 radical (unpaired) electrons. The van der Waals surface area contributed by atoms with Crippen molar-refractivity contribution in [3.63, 3.8) is 0 Å². The van der Waals surface area contributed by atoms with E-state index in [0.29, 0.717) is 30.1 Å². The first-order valence-electron chi connectivity index (χ1n) is 22.8. The van der Waals surface area contributed by atoms with Crippen LogP contribution in [0.5, 0.6) is 0 Å². The van der Waals surface area contributed by atoms with Crippen LogP contribution in [-0.4, -0.2) is 114 Å². The summed E-state index contributed by atoms with van der Waals surface area (Å²) in [6.45, 7) is 18.1. The van der Waals surface area contributed by atoms with Crippen molar-refractivity contribution in [1.82, 2.24) is 49.0 Å². The van der Waals surface area contributed by atoms with Crippen LogP contribution in [0.25, 0.3) is 11.3 Å². The molecule has 6 aromatic rings. The van der Waals surface area contributed by atoms with Gasteiger partial charge in [0.05, 0.1) is 58.5 Å². The normalized spacial score (nSPS) is 16.0. The maximum Gasteiger partial charge on any atom is 0.410 e. The van der Waals surface area contributed by atoms with E-state index in [2.05, 4.69) is 39.6 Å². The average molecular weight is 1050 g/mol. The van der Waals surface area contributed by atoms with Gasteiger partial charge in [-0.2, -0.15) is 10.2 Å². The topological polar surface area (TPSA) is 245 Å². The summed E-state index contributed by atoms with van der Waals surface area (Å²) in [5, 5.41) is 8.65. The highest BCUT2D eigenvalue weighted by molar-refractivity contribution is 7.92. The summed E-state index contributed by atoms with van der Waals surface area (Å²) in [5.74, 6) is 2.71. The fourth-order valence-electron chi connectivity index (χ4n) is 8.33. The Kier molecular flexibility index (Phi) is 19.1. The van der Waals surface area contributed by atoms with Crippen molar-refractivity contribution in [2.45, 2.75) is 133 Å². The average Bonchev–Trinajstić information content (AvgIpc) is 3.89. The van der Waals surface area contributed by atoms with Crippen LogP contribution in [0.3, 0.4) is 0 Å². The number of carbonyl (C=O) groups is 3. The molecule has 6 heterocycles. The van der Waals surface area contributed by atoms with Crippen molar-refractivity contribution in [3.8, 4) is 0 Å². The number of amides is 2. The van der Waals surface area contributed by atoms with Gasteiger partial charge in [-0.1, -0.05) is 38.1 Å². The van der Waals surface area contributed by atoms with Crippen LogP contribution in [0.1, 0.15) is 153 Å². The summed E-state index contributed by atoms with van der Waals surface area (Å²) in [4.78, 5) is 58.4. The number of nitrogens with one attached hydrogen (secondary N) is 2. The number of ether oxygens (including phenoxy) is 1. The molecule has 72 heavy (non-hydrogen) atoms. The van der Waals surface area contributed by atoms with E-state index in [0.717, 1.165) is 96.7 Å². The second kappa shape index (κ2) is 23.5. The summed E-state index contributed by atoms with van der Waals surface area (Å²) in [6, 6.07) is 13.4. The largest absolute Gasteiger partial charge is 0.444 e. The van der Waals surface area contributed by atoms with Crippen molar-refractivity contribution in [2.24, 2.45) is 0 Å². The first-order chi connectivity index (χ1) is 32.7. The molecule has 2 saturated heterocycles. The second-order valence-electron chi connectivity index (χ2n) is 18.6. The summed E-state index contributed by atoms with van der Waals surface area (Å²) >= 11 is 5.34. The Morgan fingerprint density at radius 3 is 1.47 bits per heavy atom. The Morgan fingerprint density at radius 1 is 0.625 bits per heavy atom. The van der Waals surface area contributed by atoms with Gasteiger partial charge in [-0.25, -0.2) is 50.6 Å². The van der Waals surface area contributed by atoms with Crippen molar-refractivity contribution in [1.29, 1.82) is 0 Å². The minimum absolute atomic E-state index is 0. The number of aryl methyl sites for hydroxylation is 6. The molecule has 2 aromatic carbocycles. The molecule has 2 aliphatic rings. The quantitative estimate of drug-likeness (QED) is 0.135. The van der Waals surface area contributed by atoms with Gasteiger partial charge in [0.15, 0.2) is 11.3 Å². The fraction of sp³-hybridized carbons (Fsp3) is 0.490. The predicted octanol–water partition coefficient (Wildman–Crippen LogP) is 9.01. The molecule has 0 saturated carbocycles. The molecule has 20 nitrogen and oxygen atoms in total. The molecule has 0 bridgehead atoms. The Morgan fingerprint density at radius 2 is 1.04 bits per heavy atom.